The van der Waals surface area contributed by atoms with E-state index < -0.39 is 16.1 Å². The van der Waals surface area contributed by atoms with Gasteiger partial charge in [0.15, 0.2) is 0 Å². The predicted molar refractivity (Wildman–Crippen MR) is 142 cm³/mol. The lowest BCUT2D eigenvalue weighted by Gasteiger charge is -2.30. The molecule has 0 aliphatic heterocycles. The highest BCUT2D eigenvalue weighted by Crippen LogP contribution is 2.21. The molecule has 0 aromatic heterocycles. The summed E-state index contributed by atoms with van der Waals surface area (Å²) in [6.45, 7) is 8.04. The molecule has 2 aromatic carbocycles. The van der Waals surface area contributed by atoms with Crippen LogP contribution in [0.5, 0.6) is 0 Å². The van der Waals surface area contributed by atoms with Crippen LogP contribution >= 0.6 is 11.6 Å². The molecule has 0 aliphatic rings. The van der Waals surface area contributed by atoms with Gasteiger partial charge in [-0.25, -0.2) is 8.42 Å². The summed E-state index contributed by atoms with van der Waals surface area (Å²) < 4.78 is 26.0. The number of benzene rings is 2. The number of nitrogens with zero attached hydrogens (tertiary/aromatic N) is 2. The Kier molecular flexibility index (Phi) is 10.6. The van der Waals surface area contributed by atoms with Crippen molar-refractivity contribution >= 4 is 39.1 Å². The third-order valence-electron chi connectivity index (χ3n) is 5.87. The molecule has 0 bridgehead atoms. The van der Waals surface area contributed by atoms with Crippen molar-refractivity contribution in [1.29, 1.82) is 0 Å². The highest BCUT2D eigenvalue weighted by molar-refractivity contribution is 7.92. The minimum atomic E-state index is -3.55. The number of aryl methyl sites for hydroxylation is 1. The maximum Gasteiger partial charge on any atom is 0.242 e. The van der Waals surface area contributed by atoms with Gasteiger partial charge in [-0.2, -0.15) is 0 Å². The topological polar surface area (TPSA) is 86.8 Å². The number of carbonyl (C=O) groups is 2. The smallest absolute Gasteiger partial charge is 0.242 e. The minimum Gasteiger partial charge on any atom is -0.352 e. The molecule has 2 rings (SSSR count). The van der Waals surface area contributed by atoms with Crippen LogP contribution in [0.4, 0.5) is 5.69 Å². The van der Waals surface area contributed by atoms with E-state index in [-0.39, 0.29) is 30.8 Å². The van der Waals surface area contributed by atoms with Crippen LogP contribution in [-0.4, -0.2) is 50.0 Å². The normalized spacial score (nSPS) is 13.1. The molecule has 2 aromatic rings. The van der Waals surface area contributed by atoms with Crippen LogP contribution in [0.1, 0.15) is 51.2 Å². The van der Waals surface area contributed by atoms with Gasteiger partial charge in [-0.1, -0.05) is 48.4 Å². The number of halogens is 1. The first kappa shape index (κ1) is 28.7. The van der Waals surface area contributed by atoms with Gasteiger partial charge in [-0.15, -0.1) is 0 Å². The second kappa shape index (κ2) is 12.9. The summed E-state index contributed by atoms with van der Waals surface area (Å²) in [5.41, 5.74) is 2.49. The molecule has 0 saturated carbocycles. The molecule has 9 heteroatoms. The zero-order valence-corrected chi connectivity index (χ0v) is 22.7. The highest BCUT2D eigenvalue weighted by Gasteiger charge is 2.27. The largest absolute Gasteiger partial charge is 0.352 e. The predicted octanol–water partition coefficient (Wildman–Crippen LogP) is 4.53. The van der Waals surface area contributed by atoms with Crippen molar-refractivity contribution in [1.82, 2.24) is 10.2 Å². The zero-order chi connectivity index (χ0) is 26.2. The van der Waals surface area contributed by atoms with Gasteiger partial charge in [0.1, 0.15) is 6.04 Å². The molecule has 7 nitrogen and oxygen atoms in total. The third-order valence-corrected chi connectivity index (χ3v) is 7.32. The van der Waals surface area contributed by atoms with Crippen molar-refractivity contribution in [2.45, 2.75) is 65.6 Å². The Hall–Kier alpha value is -2.58. The first-order valence-corrected chi connectivity index (χ1v) is 14.0. The number of carbonyl (C=O) groups excluding carboxylic acids is 2. The van der Waals surface area contributed by atoms with Crippen molar-refractivity contribution in [3.05, 3.63) is 64.7 Å². The number of hydrogen-bond donors (Lipinski definition) is 1. The Bertz CT molecular complexity index is 1110. The molecule has 0 fully saturated rings. The lowest BCUT2D eigenvalue weighted by Crippen LogP contribution is -2.49. The molecule has 0 aliphatic carbocycles. The fourth-order valence-electron chi connectivity index (χ4n) is 3.67. The number of hydrogen-bond acceptors (Lipinski definition) is 4. The monoisotopic (exact) mass is 521 g/mol. The molecule has 192 valence electrons. The van der Waals surface area contributed by atoms with Crippen LogP contribution < -0.4 is 9.62 Å². The van der Waals surface area contributed by atoms with Gasteiger partial charge >= 0.3 is 0 Å². The molecule has 1 N–H and O–H groups in total. The average molecular weight is 522 g/mol. The van der Waals surface area contributed by atoms with Crippen LogP contribution in [0.15, 0.2) is 48.5 Å². The van der Waals surface area contributed by atoms with Gasteiger partial charge in [-0.3, -0.25) is 13.9 Å². The van der Waals surface area contributed by atoms with Gasteiger partial charge in [0.05, 0.1) is 11.9 Å². The summed E-state index contributed by atoms with van der Waals surface area (Å²) in [4.78, 5) is 27.7. The Morgan fingerprint density at radius 1 is 1.09 bits per heavy atom. The first-order valence-electron chi connectivity index (χ1n) is 11.8. The first-order chi connectivity index (χ1) is 16.4. The standard InChI is InChI=1S/C26H36ClN3O4S/c1-6-20(3)28-26(32)21(4)29(18-22-10-7-9-19(2)17-22)25(31)11-8-16-30(35(5,33)34)24-14-12-23(27)13-15-24/h7,9-10,12-15,17,20-21H,6,8,11,16,18H2,1-5H3,(H,28,32)/t20-,21-/m1/s1. The maximum atomic E-state index is 13.3. The van der Waals surface area contributed by atoms with E-state index in [1.165, 1.54) is 4.31 Å². The summed E-state index contributed by atoms with van der Waals surface area (Å²) >= 11 is 5.93. The molecule has 0 spiro atoms. The second-order valence-electron chi connectivity index (χ2n) is 8.92. The van der Waals surface area contributed by atoms with Gasteiger partial charge < -0.3 is 10.2 Å². The van der Waals surface area contributed by atoms with E-state index >= 15 is 0 Å². The van der Waals surface area contributed by atoms with E-state index in [4.69, 9.17) is 11.6 Å². The van der Waals surface area contributed by atoms with Crippen molar-refractivity contribution in [2.24, 2.45) is 0 Å². The molecule has 35 heavy (non-hydrogen) atoms. The van der Waals surface area contributed by atoms with Crippen molar-refractivity contribution in [3.63, 3.8) is 0 Å². The number of amides is 2. The molecule has 2 amide bonds. The Labute approximate surface area is 214 Å². The van der Waals surface area contributed by atoms with Crippen LogP contribution in [0, 0.1) is 6.92 Å². The molecule has 0 radical (unpaired) electrons. The highest BCUT2D eigenvalue weighted by atomic mass is 35.5. The van der Waals surface area contributed by atoms with Crippen LogP contribution in [0.25, 0.3) is 0 Å². The second-order valence-corrected chi connectivity index (χ2v) is 11.3. The van der Waals surface area contributed by atoms with E-state index in [2.05, 4.69) is 5.32 Å². The summed E-state index contributed by atoms with van der Waals surface area (Å²) in [6, 6.07) is 13.7. The summed E-state index contributed by atoms with van der Waals surface area (Å²) in [6.07, 6.45) is 2.33. The Morgan fingerprint density at radius 3 is 2.31 bits per heavy atom. The number of anilines is 1. The Morgan fingerprint density at radius 2 is 1.74 bits per heavy atom. The van der Waals surface area contributed by atoms with E-state index in [1.54, 1.807) is 36.1 Å². The van der Waals surface area contributed by atoms with Crippen molar-refractivity contribution < 1.29 is 18.0 Å². The molecule has 2 atom stereocenters. The summed E-state index contributed by atoms with van der Waals surface area (Å²) in [5.74, 6) is -0.415. The van der Waals surface area contributed by atoms with Crippen LogP contribution in [-0.2, 0) is 26.2 Å². The van der Waals surface area contributed by atoms with Crippen molar-refractivity contribution in [2.75, 3.05) is 17.1 Å². The molecule has 0 heterocycles. The number of rotatable bonds is 12. The quantitative estimate of drug-likeness (QED) is 0.444. The fraction of sp³-hybridized carbons (Fsp3) is 0.462. The number of sulfonamides is 1. The summed E-state index contributed by atoms with van der Waals surface area (Å²) in [5, 5.41) is 3.46. The van der Waals surface area contributed by atoms with Crippen LogP contribution in [0.2, 0.25) is 5.02 Å². The lowest BCUT2D eigenvalue weighted by atomic mass is 10.1. The van der Waals surface area contributed by atoms with E-state index in [0.29, 0.717) is 23.7 Å². The van der Waals surface area contributed by atoms with Crippen molar-refractivity contribution in [3.8, 4) is 0 Å². The zero-order valence-electron chi connectivity index (χ0n) is 21.1. The van der Waals surface area contributed by atoms with E-state index in [0.717, 1.165) is 23.8 Å². The van der Waals surface area contributed by atoms with E-state index in [1.807, 2.05) is 45.0 Å². The fourth-order valence-corrected chi connectivity index (χ4v) is 4.76. The van der Waals surface area contributed by atoms with E-state index in [9.17, 15) is 18.0 Å². The number of nitrogens with one attached hydrogen (secondary N) is 1. The SMILES string of the molecule is CC[C@@H](C)NC(=O)[C@@H](C)N(Cc1cccc(C)c1)C(=O)CCCN(c1ccc(Cl)cc1)S(C)(=O)=O. The Balaban J connectivity index is 2.16. The van der Waals surface area contributed by atoms with Gasteiger partial charge in [0.25, 0.3) is 0 Å². The minimum absolute atomic E-state index is 0.00330. The van der Waals surface area contributed by atoms with Crippen LogP contribution in [0.3, 0.4) is 0 Å². The average Bonchev–Trinajstić information content (AvgIpc) is 2.79. The van der Waals surface area contributed by atoms with Gasteiger partial charge in [0.2, 0.25) is 21.8 Å². The lowest BCUT2D eigenvalue weighted by molar-refractivity contribution is -0.140. The maximum absolute atomic E-state index is 13.3. The summed E-state index contributed by atoms with van der Waals surface area (Å²) in [7, 11) is -3.55. The molecule has 0 unspecified atom stereocenters. The van der Waals surface area contributed by atoms with Gasteiger partial charge in [-0.05, 0) is 63.4 Å². The third kappa shape index (κ3) is 8.85. The molecular formula is C26H36ClN3O4S. The molecular weight excluding hydrogens is 486 g/mol. The molecule has 0 saturated heterocycles. The van der Waals surface area contributed by atoms with Gasteiger partial charge in [0, 0.05) is 30.6 Å².